The van der Waals surface area contributed by atoms with Crippen LogP contribution in [-0.2, 0) is 11.2 Å². The predicted molar refractivity (Wildman–Crippen MR) is 118 cm³/mol. The molecule has 7 heteroatoms. The number of hydrogen-bond acceptors (Lipinski definition) is 4. The summed E-state index contributed by atoms with van der Waals surface area (Å²) < 4.78 is 11.4. The van der Waals surface area contributed by atoms with E-state index < -0.39 is 6.10 Å². The number of fused-ring (bicyclic) bond motifs is 1. The van der Waals surface area contributed by atoms with Crippen LogP contribution in [0.25, 0.3) is 11.1 Å². The van der Waals surface area contributed by atoms with Crippen molar-refractivity contribution in [3.05, 3.63) is 88.2 Å². The quantitative estimate of drug-likeness (QED) is 0.391. The molecule has 0 fully saturated rings. The summed E-state index contributed by atoms with van der Waals surface area (Å²) in [5.74, 6) is 0.764. The second kappa shape index (κ2) is 8.78. The zero-order valence-corrected chi connectivity index (χ0v) is 17.6. The van der Waals surface area contributed by atoms with Gasteiger partial charge in [-0.25, -0.2) is 4.98 Å². The van der Waals surface area contributed by atoms with Crippen LogP contribution in [0.1, 0.15) is 18.4 Å². The second-order valence-corrected chi connectivity index (χ2v) is 7.62. The van der Waals surface area contributed by atoms with Crippen molar-refractivity contribution in [1.29, 1.82) is 0 Å². The van der Waals surface area contributed by atoms with Crippen LogP contribution >= 0.6 is 23.2 Å². The van der Waals surface area contributed by atoms with Crippen LogP contribution in [0.5, 0.6) is 5.75 Å². The van der Waals surface area contributed by atoms with Gasteiger partial charge in [0.25, 0.3) is 5.91 Å². The molecule has 152 valence electrons. The number of aromatic nitrogens is 1. The highest BCUT2D eigenvalue weighted by Crippen LogP contribution is 2.28. The van der Waals surface area contributed by atoms with E-state index in [0.717, 1.165) is 16.7 Å². The smallest absolute Gasteiger partial charge is 0.265 e. The Hall–Kier alpha value is -3.02. The molecule has 1 N–H and O–H groups in total. The number of rotatable bonds is 6. The van der Waals surface area contributed by atoms with Gasteiger partial charge in [-0.1, -0.05) is 47.5 Å². The third kappa shape index (κ3) is 4.75. The molecule has 1 atom stereocenters. The van der Waals surface area contributed by atoms with Gasteiger partial charge in [0, 0.05) is 17.1 Å². The fourth-order valence-electron chi connectivity index (χ4n) is 2.93. The number of amides is 1. The van der Waals surface area contributed by atoms with E-state index in [1.807, 2.05) is 48.5 Å². The highest BCUT2D eigenvalue weighted by molar-refractivity contribution is 6.35. The summed E-state index contributed by atoms with van der Waals surface area (Å²) in [6, 6.07) is 20.0. The Balaban J connectivity index is 1.37. The molecule has 0 saturated heterocycles. The lowest BCUT2D eigenvalue weighted by Crippen LogP contribution is -2.30. The lowest BCUT2D eigenvalue weighted by atomic mass is 10.1. The third-order valence-electron chi connectivity index (χ3n) is 4.48. The molecule has 5 nitrogen and oxygen atoms in total. The third-order valence-corrected chi connectivity index (χ3v) is 5.01. The molecule has 1 amide bonds. The second-order valence-electron chi connectivity index (χ2n) is 6.77. The van der Waals surface area contributed by atoms with E-state index in [9.17, 15) is 4.79 Å². The van der Waals surface area contributed by atoms with Gasteiger partial charge in [0.2, 0.25) is 0 Å². The molecule has 30 heavy (non-hydrogen) atoms. The Morgan fingerprint density at radius 2 is 1.87 bits per heavy atom. The number of nitrogens with one attached hydrogen (secondary N) is 1. The molecule has 1 unspecified atom stereocenters. The maximum Gasteiger partial charge on any atom is 0.265 e. The minimum Gasteiger partial charge on any atom is -0.479 e. The van der Waals surface area contributed by atoms with E-state index in [0.29, 0.717) is 33.8 Å². The van der Waals surface area contributed by atoms with Crippen LogP contribution in [0.4, 0.5) is 5.69 Å². The predicted octanol–water partition coefficient (Wildman–Crippen LogP) is 6.13. The van der Waals surface area contributed by atoms with Crippen molar-refractivity contribution in [2.45, 2.75) is 19.4 Å². The molecule has 0 spiro atoms. The fraction of sp³-hybridized carbons (Fsp3) is 0.130. The lowest BCUT2D eigenvalue weighted by molar-refractivity contribution is -0.122. The molecular weight excluding hydrogens is 423 g/mol. The van der Waals surface area contributed by atoms with Gasteiger partial charge in [0.15, 0.2) is 17.6 Å². The Kier molecular flexibility index (Phi) is 5.93. The largest absolute Gasteiger partial charge is 0.479 e. The first-order valence-electron chi connectivity index (χ1n) is 9.34. The number of hydrogen-bond donors (Lipinski definition) is 1. The normalized spacial score (nSPS) is 12.0. The molecule has 0 aliphatic carbocycles. The summed E-state index contributed by atoms with van der Waals surface area (Å²) in [6.07, 6.45) is -0.166. The molecule has 4 rings (SSSR count). The minimum atomic E-state index is -0.733. The summed E-state index contributed by atoms with van der Waals surface area (Å²) in [4.78, 5) is 16.9. The van der Waals surface area contributed by atoms with E-state index in [1.54, 1.807) is 25.1 Å². The van der Waals surface area contributed by atoms with E-state index in [1.165, 1.54) is 0 Å². The van der Waals surface area contributed by atoms with Crippen molar-refractivity contribution in [3.63, 3.8) is 0 Å². The van der Waals surface area contributed by atoms with Gasteiger partial charge in [-0.2, -0.15) is 0 Å². The first-order chi connectivity index (χ1) is 14.5. The molecule has 1 aromatic heterocycles. The molecule has 0 saturated carbocycles. The molecule has 3 aromatic carbocycles. The molecule has 1 heterocycles. The number of ether oxygens (including phenoxy) is 1. The lowest BCUT2D eigenvalue weighted by Gasteiger charge is -2.16. The molecule has 0 aliphatic rings. The first-order valence-corrected chi connectivity index (χ1v) is 10.1. The van der Waals surface area contributed by atoms with Crippen LogP contribution < -0.4 is 10.1 Å². The Morgan fingerprint density at radius 3 is 2.60 bits per heavy atom. The van der Waals surface area contributed by atoms with E-state index in [4.69, 9.17) is 32.4 Å². The number of halogens is 2. The van der Waals surface area contributed by atoms with Gasteiger partial charge in [-0.05, 0) is 55.0 Å². The van der Waals surface area contributed by atoms with Crippen LogP contribution in [0, 0.1) is 0 Å². The van der Waals surface area contributed by atoms with Crippen molar-refractivity contribution in [3.8, 4) is 5.75 Å². The van der Waals surface area contributed by atoms with E-state index in [2.05, 4.69) is 10.3 Å². The highest BCUT2D eigenvalue weighted by Gasteiger charge is 2.16. The molecule has 0 radical (unpaired) electrons. The monoisotopic (exact) mass is 440 g/mol. The Morgan fingerprint density at radius 1 is 1.10 bits per heavy atom. The summed E-state index contributed by atoms with van der Waals surface area (Å²) in [6.45, 7) is 1.65. The van der Waals surface area contributed by atoms with Crippen molar-refractivity contribution >= 4 is 45.9 Å². The zero-order chi connectivity index (χ0) is 21.1. The van der Waals surface area contributed by atoms with Crippen LogP contribution in [0.15, 0.2) is 71.1 Å². The minimum absolute atomic E-state index is 0.285. The van der Waals surface area contributed by atoms with Crippen molar-refractivity contribution < 1.29 is 13.9 Å². The summed E-state index contributed by atoms with van der Waals surface area (Å²) >= 11 is 12.0. The van der Waals surface area contributed by atoms with Gasteiger partial charge in [0.1, 0.15) is 11.3 Å². The van der Waals surface area contributed by atoms with E-state index in [-0.39, 0.29) is 5.91 Å². The number of oxazole rings is 1. The Labute approximate surface area is 183 Å². The number of anilines is 1. The SMILES string of the molecule is CC(Oc1ccc(Cl)cc1Cl)C(=O)Nc1ccc(Cc2nc3ccccc3o2)cc1. The van der Waals surface area contributed by atoms with Crippen LogP contribution in [0.2, 0.25) is 10.0 Å². The number of carbonyl (C=O) groups excluding carboxylic acids is 1. The van der Waals surface area contributed by atoms with E-state index >= 15 is 0 Å². The van der Waals surface area contributed by atoms with Crippen molar-refractivity contribution in [2.75, 3.05) is 5.32 Å². The molecule has 0 bridgehead atoms. The maximum atomic E-state index is 12.4. The summed E-state index contributed by atoms with van der Waals surface area (Å²) in [7, 11) is 0. The molecule has 4 aromatic rings. The highest BCUT2D eigenvalue weighted by atomic mass is 35.5. The molecular formula is C23H18Cl2N2O3. The van der Waals surface area contributed by atoms with Crippen molar-refractivity contribution in [2.24, 2.45) is 0 Å². The van der Waals surface area contributed by atoms with Crippen LogP contribution in [-0.4, -0.2) is 17.0 Å². The Bertz CT molecular complexity index is 1160. The average molecular weight is 441 g/mol. The number of carbonyl (C=O) groups is 1. The average Bonchev–Trinajstić information content (AvgIpc) is 3.13. The zero-order valence-electron chi connectivity index (χ0n) is 16.1. The van der Waals surface area contributed by atoms with Gasteiger partial charge >= 0.3 is 0 Å². The number of para-hydroxylation sites is 2. The number of benzene rings is 3. The fourth-order valence-corrected chi connectivity index (χ4v) is 3.39. The van der Waals surface area contributed by atoms with Crippen molar-refractivity contribution in [1.82, 2.24) is 4.98 Å². The van der Waals surface area contributed by atoms with Gasteiger partial charge < -0.3 is 14.5 Å². The van der Waals surface area contributed by atoms with Crippen LogP contribution in [0.3, 0.4) is 0 Å². The number of nitrogens with zero attached hydrogens (tertiary/aromatic N) is 1. The standard InChI is InChI=1S/C23H18Cl2N2O3/c1-14(29-20-11-8-16(24)13-18(20)25)23(28)26-17-9-6-15(7-10-17)12-22-27-19-4-2-3-5-21(19)30-22/h2-11,13-14H,12H2,1H3,(H,26,28). The maximum absolute atomic E-state index is 12.4. The van der Waals surface area contributed by atoms with Gasteiger partial charge in [0.05, 0.1) is 5.02 Å². The summed E-state index contributed by atoms with van der Waals surface area (Å²) in [5, 5.41) is 3.69. The summed E-state index contributed by atoms with van der Waals surface area (Å²) in [5.41, 5.74) is 3.30. The first kappa shape index (κ1) is 20.3. The topological polar surface area (TPSA) is 64.4 Å². The molecule has 0 aliphatic heterocycles. The van der Waals surface area contributed by atoms with Gasteiger partial charge in [-0.3, -0.25) is 4.79 Å². The van der Waals surface area contributed by atoms with Gasteiger partial charge in [-0.15, -0.1) is 0 Å².